The second-order valence-electron chi connectivity index (χ2n) is 6.35. The lowest BCUT2D eigenvalue weighted by Gasteiger charge is -2.29. The summed E-state index contributed by atoms with van der Waals surface area (Å²) in [6, 6.07) is -0.840. The van der Waals surface area contributed by atoms with Crippen molar-refractivity contribution >= 4 is 29.4 Å². The second-order valence-corrected chi connectivity index (χ2v) is 8.13. The van der Waals surface area contributed by atoms with Gasteiger partial charge in [-0.1, -0.05) is 34.6 Å². The molecule has 1 saturated heterocycles. The van der Waals surface area contributed by atoms with Crippen LogP contribution < -0.4 is 5.73 Å². The molecule has 1 fully saturated rings. The minimum Gasteiger partial charge on any atom is -0.328 e. The number of amides is 2. The van der Waals surface area contributed by atoms with Crippen molar-refractivity contribution < 1.29 is 14.4 Å². The quantitative estimate of drug-likeness (QED) is 0.772. The number of carbonyl (C=O) groups excluding carboxylic acids is 3. The fourth-order valence-electron chi connectivity index (χ4n) is 2.21. The van der Waals surface area contributed by atoms with Gasteiger partial charge >= 0.3 is 0 Å². The number of hydrogen-bond acceptors (Lipinski definition) is 5. The fourth-order valence-corrected chi connectivity index (χ4v) is 3.34. The number of imide groups is 1. The van der Waals surface area contributed by atoms with E-state index in [0.29, 0.717) is 0 Å². The Labute approximate surface area is 124 Å². The van der Waals surface area contributed by atoms with Crippen molar-refractivity contribution in [1.29, 1.82) is 0 Å². The Morgan fingerprint density at radius 3 is 2.35 bits per heavy atom. The minimum absolute atomic E-state index is 0.0212. The van der Waals surface area contributed by atoms with Crippen molar-refractivity contribution in [2.75, 3.05) is 6.54 Å². The van der Waals surface area contributed by atoms with Gasteiger partial charge in [-0.05, 0) is 5.25 Å². The zero-order chi connectivity index (χ0) is 15.7. The van der Waals surface area contributed by atoms with Crippen LogP contribution in [-0.2, 0) is 14.4 Å². The molecule has 0 aromatic carbocycles. The number of carbonyl (C=O) groups is 3. The smallest absolute Gasteiger partial charge is 0.243 e. The molecule has 1 heterocycles. The van der Waals surface area contributed by atoms with E-state index in [1.807, 2.05) is 13.8 Å². The predicted octanol–water partition coefficient (Wildman–Crippen LogP) is 1.20. The van der Waals surface area contributed by atoms with Crippen molar-refractivity contribution in [3.05, 3.63) is 0 Å². The highest BCUT2D eigenvalue weighted by Gasteiger charge is 2.46. The first-order valence-electron chi connectivity index (χ1n) is 6.85. The molecule has 20 heavy (non-hydrogen) atoms. The van der Waals surface area contributed by atoms with E-state index in [2.05, 4.69) is 0 Å². The summed E-state index contributed by atoms with van der Waals surface area (Å²) in [6.07, 6.45) is 0.162. The highest BCUT2D eigenvalue weighted by Crippen LogP contribution is 2.31. The molecular formula is C14H24N2O3S. The van der Waals surface area contributed by atoms with Crippen LogP contribution in [0.3, 0.4) is 0 Å². The third kappa shape index (κ3) is 3.61. The van der Waals surface area contributed by atoms with E-state index in [9.17, 15) is 14.4 Å². The topological polar surface area (TPSA) is 80.5 Å². The Hall–Kier alpha value is -0.880. The van der Waals surface area contributed by atoms with Crippen LogP contribution >= 0.6 is 11.8 Å². The summed E-state index contributed by atoms with van der Waals surface area (Å²) in [4.78, 5) is 37.9. The lowest BCUT2D eigenvalue weighted by atomic mass is 9.86. The van der Waals surface area contributed by atoms with Crippen LogP contribution in [0.15, 0.2) is 0 Å². The molecule has 0 aromatic heterocycles. The summed E-state index contributed by atoms with van der Waals surface area (Å²) in [6.45, 7) is 9.24. The van der Waals surface area contributed by atoms with E-state index < -0.39 is 11.5 Å². The Bertz CT molecular complexity index is 415. The third-order valence-corrected chi connectivity index (χ3v) is 4.40. The van der Waals surface area contributed by atoms with Crippen LogP contribution in [0.4, 0.5) is 0 Å². The normalized spacial score (nSPS) is 21.8. The van der Waals surface area contributed by atoms with E-state index in [4.69, 9.17) is 5.73 Å². The summed E-state index contributed by atoms with van der Waals surface area (Å²) in [7, 11) is 0. The van der Waals surface area contributed by atoms with Crippen LogP contribution in [-0.4, -0.2) is 45.6 Å². The molecule has 0 aliphatic carbocycles. The SMILES string of the molecule is CC(C)SC1CC(=O)N(C(CN)C(=O)C(C)(C)C)C1=O. The van der Waals surface area contributed by atoms with Crippen molar-refractivity contribution in [3.8, 4) is 0 Å². The van der Waals surface area contributed by atoms with Gasteiger partial charge in [-0.15, -0.1) is 11.8 Å². The summed E-state index contributed by atoms with van der Waals surface area (Å²) in [5, 5.41) is -0.129. The molecule has 2 N–H and O–H groups in total. The molecule has 0 spiro atoms. The van der Waals surface area contributed by atoms with Crippen LogP contribution in [0, 0.1) is 5.41 Å². The van der Waals surface area contributed by atoms with E-state index in [1.165, 1.54) is 11.8 Å². The lowest BCUT2D eigenvalue weighted by molar-refractivity contribution is -0.148. The van der Waals surface area contributed by atoms with Crippen LogP contribution in [0.2, 0.25) is 0 Å². The minimum atomic E-state index is -0.840. The molecule has 0 aromatic rings. The number of ketones is 1. The van der Waals surface area contributed by atoms with Crippen LogP contribution in [0.1, 0.15) is 41.0 Å². The average molecular weight is 300 g/mol. The molecule has 2 unspecified atom stereocenters. The van der Waals surface area contributed by atoms with Gasteiger partial charge in [-0.25, -0.2) is 0 Å². The molecule has 1 aliphatic heterocycles. The lowest BCUT2D eigenvalue weighted by Crippen LogP contribution is -2.52. The zero-order valence-corrected chi connectivity index (χ0v) is 13.6. The van der Waals surface area contributed by atoms with Crippen LogP contribution in [0.25, 0.3) is 0 Å². The molecular weight excluding hydrogens is 276 g/mol. The van der Waals surface area contributed by atoms with Gasteiger partial charge in [0.1, 0.15) is 6.04 Å². The Kier molecular flexibility index (Phi) is 5.38. The first kappa shape index (κ1) is 17.2. The molecule has 2 atom stereocenters. The average Bonchev–Trinajstić information content (AvgIpc) is 2.55. The van der Waals surface area contributed by atoms with E-state index in [-0.39, 0.29) is 41.1 Å². The van der Waals surface area contributed by atoms with Crippen molar-refractivity contribution in [2.45, 2.75) is 57.6 Å². The number of Topliss-reactive ketones (excluding diaryl/α,β-unsaturated/α-hetero) is 1. The summed E-state index contributed by atoms with van der Waals surface area (Å²) >= 11 is 1.46. The number of likely N-dealkylation sites (tertiary alicyclic amines) is 1. The summed E-state index contributed by atoms with van der Waals surface area (Å²) in [5.74, 6) is -0.736. The van der Waals surface area contributed by atoms with E-state index in [0.717, 1.165) is 4.90 Å². The Balaban J connectivity index is 2.96. The van der Waals surface area contributed by atoms with Gasteiger partial charge in [0, 0.05) is 18.4 Å². The summed E-state index contributed by atoms with van der Waals surface area (Å²) < 4.78 is 0. The Morgan fingerprint density at radius 1 is 1.40 bits per heavy atom. The molecule has 2 amide bonds. The molecule has 114 valence electrons. The number of nitrogens with two attached hydrogens (primary N) is 1. The first-order chi connectivity index (χ1) is 9.09. The molecule has 6 heteroatoms. The van der Waals surface area contributed by atoms with E-state index >= 15 is 0 Å². The predicted molar refractivity (Wildman–Crippen MR) is 80.3 cm³/mol. The van der Waals surface area contributed by atoms with Gasteiger partial charge in [-0.2, -0.15) is 0 Å². The maximum atomic E-state index is 12.4. The third-order valence-electron chi connectivity index (χ3n) is 3.15. The summed E-state index contributed by atoms with van der Waals surface area (Å²) in [5.41, 5.74) is 5.02. The highest BCUT2D eigenvalue weighted by atomic mass is 32.2. The largest absolute Gasteiger partial charge is 0.328 e. The van der Waals surface area contributed by atoms with Crippen molar-refractivity contribution in [3.63, 3.8) is 0 Å². The number of rotatable bonds is 5. The Morgan fingerprint density at radius 2 is 1.95 bits per heavy atom. The fraction of sp³-hybridized carbons (Fsp3) is 0.786. The molecule has 1 aliphatic rings. The number of nitrogens with zero attached hydrogens (tertiary/aromatic N) is 1. The van der Waals surface area contributed by atoms with Gasteiger partial charge in [0.2, 0.25) is 11.8 Å². The second kappa shape index (κ2) is 6.26. The van der Waals surface area contributed by atoms with Crippen molar-refractivity contribution in [2.24, 2.45) is 11.1 Å². The van der Waals surface area contributed by atoms with Gasteiger partial charge in [-0.3, -0.25) is 19.3 Å². The maximum absolute atomic E-state index is 12.4. The first-order valence-corrected chi connectivity index (χ1v) is 7.79. The monoisotopic (exact) mass is 300 g/mol. The van der Waals surface area contributed by atoms with Gasteiger partial charge in [0.05, 0.1) is 5.25 Å². The molecule has 1 rings (SSSR count). The van der Waals surface area contributed by atoms with Gasteiger partial charge < -0.3 is 5.73 Å². The van der Waals surface area contributed by atoms with Gasteiger partial charge in [0.25, 0.3) is 0 Å². The molecule has 0 bridgehead atoms. The number of hydrogen-bond donors (Lipinski definition) is 1. The highest BCUT2D eigenvalue weighted by molar-refractivity contribution is 8.01. The molecule has 5 nitrogen and oxygen atoms in total. The van der Waals surface area contributed by atoms with Crippen LogP contribution in [0.5, 0.6) is 0 Å². The molecule has 0 radical (unpaired) electrons. The van der Waals surface area contributed by atoms with Gasteiger partial charge in [0.15, 0.2) is 5.78 Å². The van der Waals surface area contributed by atoms with E-state index in [1.54, 1.807) is 20.8 Å². The zero-order valence-electron chi connectivity index (χ0n) is 12.8. The molecule has 0 saturated carbocycles. The maximum Gasteiger partial charge on any atom is 0.243 e. The standard InChI is InChI=1S/C14H24N2O3S/c1-8(2)20-10-6-11(17)16(13(10)19)9(7-15)12(18)14(3,4)5/h8-10H,6-7,15H2,1-5H3. The van der Waals surface area contributed by atoms with Crippen molar-refractivity contribution in [1.82, 2.24) is 4.90 Å². The number of thioether (sulfide) groups is 1.